The van der Waals surface area contributed by atoms with E-state index in [1.807, 2.05) is 11.4 Å². The van der Waals surface area contributed by atoms with E-state index in [9.17, 15) is 33.1 Å². The minimum absolute atomic E-state index is 0.0167. The number of Topliss-reactive ketones (excluding diaryl/α,β-unsaturated/α-hetero) is 1. The summed E-state index contributed by atoms with van der Waals surface area (Å²) in [4.78, 5) is 26.1. The van der Waals surface area contributed by atoms with Crippen LogP contribution in [0.25, 0.3) is 0 Å². The van der Waals surface area contributed by atoms with Crippen LogP contribution >= 0.6 is 50.6 Å². The van der Waals surface area contributed by atoms with E-state index >= 15 is 0 Å². The number of thiophene rings is 1. The van der Waals surface area contributed by atoms with Gasteiger partial charge in [-0.1, -0.05) is 63.6 Å². The second kappa shape index (κ2) is 11.7. The van der Waals surface area contributed by atoms with Crippen LogP contribution in [0.4, 0.5) is 18.9 Å². The normalized spacial score (nSPS) is 21.2. The van der Waals surface area contributed by atoms with Crippen molar-refractivity contribution in [3.05, 3.63) is 96.6 Å². The summed E-state index contributed by atoms with van der Waals surface area (Å²) in [6.07, 6.45) is -5.35. The van der Waals surface area contributed by atoms with Crippen LogP contribution in [0.3, 0.4) is 0 Å². The first-order valence-corrected chi connectivity index (χ1v) is 14.2. The van der Waals surface area contributed by atoms with Gasteiger partial charge >= 0.3 is 6.18 Å². The zero-order chi connectivity index (χ0) is 28.4. The number of aliphatic hydroxyl groups is 1. The molecule has 0 fully saturated rings. The van der Waals surface area contributed by atoms with Gasteiger partial charge in [0.2, 0.25) is 11.6 Å². The maximum Gasteiger partial charge on any atom is 0.437 e. The Kier molecular flexibility index (Phi) is 8.78. The molecule has 2 heterocycles. The minimum Gasteiger partial charge on any atom is -0.363 e. The van der Waals surface area contributed by atoms with Crippen LogP contribution < -0.4 is 10.6 Å². The highest BCUT2D eigenvalue weighted by Gasteiger charge is 2.66. The van der Waals surface area contributed by atoms with Crippen molar-refractivity contribution >= 4 is 68.0 Å². The Labute approximate surface area is 243 Å². The second-order valence-corrected chi connectivity index (χ2v) is 11.7. The number of allylic oxidation sites excluding steroid dienone is 1. The van der Waals surface area contributed by atoms with Crippen molar-refractivity contribution in [3.8, 4) is 6.07 Å². The van der Waals surface area contributed by atoms with E-state index in [1.165, 1.54) is 35.7 Å². The van der Waals surface area contributed by atoms with Gasteiger partial charge in [0.05, 0.1) is 33.2 Å². The number of nitriles is 1. The molecule has 0 saturated heterocycles. The maximum absolute atomic E-state index is 14.6. The van der Waals surface area contributed by atoms with Crippen molar-refractivity contribution in [1.29, 1.82) is 5.26 Å². The number of halogens is 5. The van der Waals surface area contributed by atoms with E-state index in [0.29, 0.717) is 17.4 Å². The summed E-state index contributed by atoms with van der Waals surface area (Å²) in [6, 6.07) is 17.3. The molecule has 3 aromatic rings. The Morgan fingerprint density at radius 2 is 1.87 bits per heavy atom. The number of alkyl halides is 3. The zero-order valence-electron chi connectivity index (χ0n) is 19.6. The first-order valence-electron chi connectivity index (χ1n) is 11.2. The van der Waals surface area contributed by atoms with Gasteiger partial charge in [-0.25, -0.2) is 0 Å². The molecule has 1 amide bonds. The summed E-state index contributed by atoms with van der Waals surface area (Å²) in [5, 5.41) is 27.1. The zero-order valence-corrected chi connectivity index (χ0v) is 23.6. The lowest BCUT2D eigenvalue weighted by Crippen LogP contribution is -2.66. The number of ketones is 1. The molecule has 2 aromatic carbocycles. The second-order valence-electron chi connectivity index (χ2n) is 8.41. The van der Waals surface area contributed by atoms with Gasteiger partial charge in [-0.3, -0.25) is 9.59 Å². The third kappa shape index (κ3) is 6.02. The molecule has 3 N–H and O–H groups in total. The molecule has 13 heteroatoms. The highest BCUT2D eigenvalue weighted by molar-refractivity contribution is 9.10. The highest BCUT2D eigenvalue weighted by atomic mass is 79.9. The molecular weight excluding hydrogens is 639 g/mol. The number of nitrogens with one attached hydrogen (secondary N) is 2. The smallest absolute Gasteiger partial charge is 0.363 e. The number of nitrogens with zero attached hydrogens (tertiary/aromatic N) is 1. The van der Waals surface area contributed by atoms with E-state index in [0.717, 1.165) is 15.8 Å². The van der Waals surface area contributed by atoms with E-state index in [-0.39, 0.29) is 26.1 Å². The number of amides is 1. The van der Waals surface area contributed by atoms with Gasteiger partial charge in [0.1, 0.15) is 0 Å². The summed E-state index contributed by atoms with van der Waals surface area (Å²) >= 11 is 11.2. The van der Waals surface area contributed by atoms with Crippen LogP contribution in [0.15, 0.2) is 81.1 Å². The molecule has 4 rings (SSSR count). The van der Waals surface area contributed by atoms with Gasteiger partial charge in [-0.15, -0.1) is 11.3 Å². The summed E-state index contributed by atoms with van der Waals surface area (Å²) in [6.45, 7) is 0. The number of benzene rings is 2. The highest BCUT2D eigenvalue weighted by Crippen LogP contribution is 2.52. The predicted octanol–water partition coefficient (Wildman–Crippen LogP) is 6.71. The van der Waals surface area contributed by atoms with Gasteiger partial charge in [0.25, 0.3) is 0 Å². The number of hydrogen-bond donors (Lipinski definition) is 3. The molecule has 202 valence electrons. The average Bonchev–Trinajstić information content (AvgIpc) is 3.43. The van der Waals surface area contributed by atoms with Crippen LogP contribution in [0.2, 0.25) is 5.02 Å². The van der Waals surface area contributed by atoms with Crippen LogP contribution in [0.5, 0.6) is 0 Å². The molecule has 0 aliphatic carbocycles. The monoisotopic (exact) mass is 655 g/mol. The Hall–Kier alpha value is -2.82. The van der Waals surface area contributed by atoms with Crippen molar-refractivity contribution in [2.45, 2.75) is 17.8 Å². The Morgan fingerprint density at radius 1 is 1.18 bits per heavy atom. The lowest BCUT2D eigenvalue weighted by Gasteiger charge is -2.45. The molecule has 1 aliphatic rings. The van der Waals surface area contributed by atoms with Gasteiger partial charge in [-0.2, -0.15) is 18.4 Å². The van der Waals surface area contributed by atoms with E-state index in [1.54, 1.807) is 30.3 Å². The number of carbonyl (C=O) groups excluding carboxylic acids is 2. The third-order valence-electron chi connectivity index (χ3n) is 5.96. The summed E-state index contributed by atoms with van der Waals surface area (Å²) < 4.78 is 44.6. The fourth-order valence-corrected chi connectivity index (χ4v) is 6.32. The van der Waals surface area contributed by atoms with Gasteiger partial charge in [-0.05, 0) is 47.3 Å². The van der Waals surface area contributed by atoms with Gasteiger partial charge in [0.15, 0.2) is 5.78 Å². The van der Waals surface area contributed by atoms with Crippen molar-refractivity contribution < 1.29 is 27.9 Å². The van der Waals surface area contributed by atoms with Crippen molar-refractivity contribution in [1.82, 2.24) is 5.32 Å². The summed E-state index contributed by atoms with van der Waals surface area (Å²) in [7, 11) is 0. The van der Waals surface area contributed by atoms with Crippen molar-refractivity contribution in [3.63, 3.8) is 0 Å². The number of rotatable bonds is 7. The number of thioether (sulfide) groups is 1. The van der Waals surface area contributed by atoms with E-state index < -0.39 is 41.2 Å². The quantitative estimate of drug-likeness (QED) is 0.245. The Balaban J connectivity index is 1.79. The maximum atomic E-state index is 14.6. The van der Waals surface area contributed by atoms with Crippen LogP contribution in [-0.2, 0) is 4.79 Å². The molecule has 0 spiro atoms. The first-order chi connectivity index (χ1) is 18.5. The fraction of sp³-hybridized carbons (Fsp3) is 0.192. The molecule has 3 atom stereocenters. The SMILES string of the molecule is N#CC1=C(SCC(=O)Nc2ccc(Br)cc2)N[C@](O)(C(F)(F)F)[C@H](C(=O)c2cccs2)[C@@H]1c1ccccc1Cl. The Bertz CT molecular complexity index is 1460. The number of carbonyl (C=O) groups is 2. The third-order valence-corrected chi connectivity index (χ3v) is 8.73. The molecular formula is C26H18BrClF3N3O3S2. The van der Waals surface area contributed by atoms with Crippen molar-refractivity contribution in [2.24, 2.45) is 5.92 Å². The first kappa shape index (κ1) is 29.2. The van der Waals surface area contributed by atoms with Gasteiger partial charge in [0, 0.05) is 21.1 Å². The predicted molar refractivity (Wildman–Crippen MR) is 148 cm³/mol. The molecule has 0 saturated carbocycles. The van der Waals surface area contributed by atoms with Gasteiger partial charge < -0.3 is 15.7 Å². The molecule has 0 bridgehead atoms. The minimum atomic E-state index is -5.35. The number of anilines is 1. The lowest BCUT2D eigenvalue weighted by molar-refractivity contribution is -0.285. The van der Waals surface area contributed by atoms with Crippen LogP contribution in [0, 0.1) is 17.2 Å². The molecule has 0 radical (unpaired) electrons. The fourth-order valence-electron chi connectivity index (χ4n) is 4.19. The molecule has 1 aromatic heterocycles. The molecule has 0 unspecified atom stereocenters. The topological polar surface area (TPSA) is 102 Å². The van der Waals surface area contributed by atoms with Crippen molar-refractivity contribution in [2.75, 3.05) is 11.1 Å². The number of hydrogen-bond acceptors (Lipinski definition) is 7. The molecule has 6 nitrogen and oxygen atoms in total. The Morgan fingerprint density at radius 3 is 2.46 bits per heavy atom. The summed E-state index contributed by atoms with van der Waals surface area (Å²) in [5.74, 6) is -5.71. The average molecular weight is 657 g/mol. The van der Waals surface area contributed by atoms with E-state index in [2.05, 4.69) is 21.2 Å². The standard InChI is InChI=1S/C26H18BrClF3N3O3S2/c27-14-7-9-15(10-8-14)33-20(35)13-39-24-17(12-32)21(16-4-1-2-5-18(16)28)22(23(36)19-6-3-11-38-19)25(37,34-24)26(29,30)31/h1-11,21-22,34,37H,13H2,(H,33,35)/t21-,22+,25-/m1/s1. The van der Waals surface area contributed by atoms with Crippen LogP contribution in [0.1, 0.15) is 21.2 Å². The van der Waals surface area contributed by atoms with Crippen LogP contribution in [-0.4, -0.2) is 34.5 Å². The lowest BCUT2D eigenvalue weighted by atomic mass is 9.70. The van der Waals surface area contributed by atoms with E-state index in [4.69, 9.17) is 11.6 Å². The summed E-state index contributed by atoms with van der Waals surface area (Å²) in [5.41, 5.74) is -3.51. The molecule has 39 heavy (non-hydrogen) atoms. The molecule has 1 aliphatic heterocycles. The largest absolute Gasteiger partial charge is 0.437 e.